The van der Waals surface area contributed by atoms with Gasteiger partial charge in [0, 0.05) is 41.8 Å². The summed E-state index contributed by atoms with van der Waals surface area (Å²) in [6.45, 7) is 19.1. The van der Waals surface area contributed by atoms with Crippen LogP contribution >= 0.6 is 0 Å². The minimum absolute atomic E-state index is 0.00269. The van der Waals surface area contributed by atoms with Crippen LogP contribution < -0.4 is 10.6 Å². The summed E-state index contributed by atoms with van der Waals surface area (Å²) in [4.78, 5) is 26.5. The van der Waals surface area contributed by atoms with Gasteiger partial charge in [0.25, 0.3) is 0 Å². The van der Waals surface area contributed by atoms with Gasteiger partial charge in [-0.15, -0.1) is 0 Å². The molecule has 0 spiro atoms. The predicted octanol–water partition coefficient (Wildman–Crippen LogP) is 8.80. The van der Waals surface area contributed by atoms with Gasteiger partial charge < -0.3 is 10.6 Å². The lowest BCUT2D eigenvalue weighted by Gasteiger charge is -2.58. The molecule has 3 aliphatic carbocycles. The van der Waals surface area contributed by atoms with Crippen LogP contribution in [0.1, 0.15) is 105 Å². The number of amides is 1. The first-order valence-electron chi connectivity index (χ1n) is 16.7. The van der Waals surface area contributed by atoms with Crippen molar-refractivity contribution in [2.45, 2.75) is 105 Å². The van der Waals surface area contributed by atoms with Crippen LogP contribution in [0.3, 0.4) is 0 Å². The second kappa shape index (κ2) is 10.3. The normalized spacial score (nSPS) is 32.2. The summed E-state index contributed by atoms with van der Waals surface area (Å²) >= 11 is 0. The van der Waals surface area contributed by atoms with Crippen LogP contribution in [-0.2, 0) is 20.4 Å². The van der Waals surface area contributed by atoms with Crippen molar-refractivity contribution >= 4 is 17.4 Å². The van der Waals surface area contributed by atoms with Crippen molar-refractivity contribution in [1.29, 1.82) is 0 Å². The molecule has 3 fully saturated rings. The summed E-state index contributed by atoms with van der Waals surface area (Å²) in [5.74, 6) is 2.13. The molecule has 2 aromatic carbocycles. The molecule has 0 aromatic heterocycles. The molecule has 6 atom stereocenters. The van der Waals surface area contributed by atoms with Gasteiger partial charge in [-0.1, -0.05) is 91.8 Å². The largest absolute Gasteiger partial charge is 0.387 e. The fourth-order valence-electron chi connectivity index (χ4n) is 9.44. The Kier molecular flexibility index (Phi) is 7.26. The van der Waals surface area contributed by atoms with Gasteiger partial charge in [0.15, 0.2) is 5.78 Å². The van der Waals surface area contributed by atoms with Crippen molar-refractivity contribution in [3.05, 3.63) is 65.4 Å². The zero-order valence-electron chi connectivity index (χ0n) is 27.7. The van der Waals surface area contributed by atoms with E-state index in [0.29, 0.717) is 24.2 Å². The lowest BCUT2D eigenvalue weighted by atomic mass is 9.50. The average Bonchev–Trinajstić information content (AvgIpc) is 3.30. The van der Waals surface area contributed by atoms with Crippen LogP contribution in [0.15, 0.2) is 54.2 Å². The van der Waals surface area contributed by atoms with E-state index >= 15 is 0 Å². The average molecular weight is 581 g/mol. The molecule has 1 heterocycles. The molecule has 0 unspecified atom stereocenters. The van der Waals surface area contributed by atoms with Gasteiger partial charge in [0.2, 0.25) is 5.91 Å². The standard InChI is InChI=1S/C39H52N2O2/c1-36(2,3)26-12-9-24(10-13-26)25-11-14-31(37(4,5)6)33(21-25)41-35(43)32-16-15-29-28-23-40-34-22-27(42)17-19-39(34,8)30(28)18-20-38(29,32)7/h9-14,21-22,28-30,32,40H,15-20,23H2,1-8H3,(H,41,43)/t28-,29-,30-,32+,38-,39+/m0/s1. The van der Waals surface area contributed by atoms with E-state index in [1.54, 1.807) is 0 Å². The summed E-state index contributed by atoms with van der Waals surface area (Å²) in [5.41, 5.74) is 7.00. The van der Waals surface area contributed by atoms with Crippen LogP contribution in [0.25, 0.3) is 11.1 Å². The number of benzene rings is 2. The van der Waals surface area contributed by atoms with E-state index in [-0.39, 0.29) is 39.3 Å². The number of piperidine rings is 1. The lowest BCUT2D eigenvalue weighted by Crippen LogP contribution is -2.57. The molecular formula is C39H52N2O2. The summed E-state index contributed by atoms with van der Waals surface area (Å²) in [5, 5.41) is 7.19. The number of nitrogens with one attached hydrogen (secondary N) is 2. The van der Waals surface area contributed by atoms with Crippen molar-refractivity contribution < 1.29 is 9.59 Å². The maximum atomic E-state index is 14.3. The van der Waals surface area contributed by atoms with Gasteiger partial charge in [-0.3, -0.25) is 9.59 Å². The first-order chi connectivity index (χ1) is 20.1. The summed E-state index contributed by atoms with van der Waals surface area (Å²) in [7, 11) is 0. The van der Waals surface area contributed by atoms with E-state index < -0.39 is 0 Å². The summed E-state index contributed by atoms with van der Waals surface area (Å²) in [6, 6.07) is 15.5. The molecule has 43 heavy (non-hydrogen) atoms. The summed E-state index contributed by atoms with van der Waals surface area (Å²) in [6.07, 6.45) is 7.78. The highest BCUT2D eigenvalue weighted by atomic mass is 16.2. The Morgan fingerprint density at radius 3 is 2.23 bits per heavy atom. The Balaban J connectivity index is 1.25. The third-order valence-corrected chi connectivity index (χ3v) is 12.1. The third-order valence-electron chi connectivity index (χ3n) is 12.1. The number of hydrogen-bond donors (Lipinski definition) is 2. The highest BCUT2D eigenvalue weighted by molar-refractivity contribution is 5.95. The van der Waals surface area contributed by atoms with E-state index in [9.17, 15) is 9.59 Å². The highest BCUT2D eigenvalue weighted by Crippen LogP contribution is 2.64. The molecule has 0 radical (unpaired) electrons. The molecule has 2 saturated carbocycles. The summed E-state index contributed by atoms with van der Waals surface area (Å²) < 4.78 is 0. The number of hydrogen-bond acceptors (Lipinski definition) is 3. The molecule has 1 amide bonds. The van der Waals surface area contributed by atoms with E-state index in [1.807, 2.05) is 6.08 Å². The van der Waals surface area contributed by atoms with E-state index in [0.717, 1.165) is 49.9 Å². The Morgan fingerprint density at radius 2 is 1.56 bits per heavy atom. The maximum absolute atomic E-state index is 14.3. The van der Waals surface area contributed by atoms with E-state index in [1.165, 1.54) is 22.4 Å². The Labute approximate surface area is 259 Å². The SMILES string of the molecule is CC(C)(C)c1ccc(-c2ccc(C(C)(C)C)c(NC(=O)[C@H]3CC[C@H]4[C@@H]5CNC6=CC(=O)CC[C@]6(C)[C@H]5CC[C@]34C)c2)cc1. The Morgan fingerprint density at radius 1 is 0.860 bits per heavy atom. The number of allylic oxidation sites excluding steroid dienone is 2. The Hall–Kier alpha value is -2.88. The fraction of sp³-hybridized carbons (Fsp3) is 0.590. The number of carbonyl (C=O) groups excluding carboxylic acids is 2. The highest BCUT2D eigenvalue weighted by Gasteiger charge is 2.60. The maximum Gasteiger partial charge on any atom is 0.228 e. The van der Waals surface area contributed by atoms with Crippen LogP contribution in [0.2, 0.25) is 0 Å². The van der Waals surface area contributed by atoms with Crippen molar-refractivity contribution in [3.63, 3.8) is 0 Å². The van der Waals surface area contributed by atoms with Gasteiger partial charge in [-0.25, -0.2) is 0 Å². The molecule has 1 aliphatic heterocycles. The van der Waals surface area contributed by atoms with Gasteiger partial charge in [0.1, 0.15) is 0 Å². The van der Waals surface area contributed by atoms with Crippen molar-refractivity contribution in [2.24, 2.45) is 34.5 Å². The number of anilines is 1. The van der Waals surface area contributed by atoms with Gasteiger partial charge in [-0.2, -0.15) is 0 Å². The monoisotopic (exact) mass is 580 g/mol. The predicted molar refractivity (Wildman–Crippen MR) is 177 cm³/mol. The molecular weight excluding hydrogens is 528 g/mol. The van der Waals surface area contributed by atoms with Crippen molar-refractivity contribution in [2.75, 3.05) is 11.9 Å². The van der Waals surface area contributed by atoms with Gasteiger partial charge in [-0.05, 0) is 94.4 Å². The first-order valence-corrected chi connectivity index (χ1v) is 16.7. The van der Waals surface area contributed by atoms with E-state index in [2.05, 4.69) is 108 Å². The number of rotatable bonds is 3. The molecule has 6 rings (SSSR count). The zero-order chi connectivity index (χ0) is 30.9. The fourth-order valence-corrected chi connectivity index (χ4v) is 9.44. The molecule has 230 valence electrons. The molecule has 1 saturated heterocycles. The van der Waals surface area contributed by atoms with Gasteiger partial charge >= 0.3 is 0 Å². The smallest absolute Gasteiger partial charge is 0.228 e. The van der Waals surface area contributed by atoms with Gasteiger partial charge in [0.05, 0.1) is 0 Å². The molecule has 4 heteroatoms. The molecule has 2 aromatic rings. The number of ketones is 1. The second-order valence-electron chi connectivity index (χ2n) is 16.7. The lowest BCUT2D eigenvalue weighted by molar-refractivity contribution is -0.127. The van der Waals surface area contributed by atoms with E-state index in [4.69, 9.17) is 0 Å². The minimum atomic E-state index is -0.0901. The molecule has 2 N–H and O–H groups in total. The van der Waals surface area contributed by atoms with Crippen LogP contribution in [0.5, 0.6) is 0 Å². The van der Waals surface area contributed by atoms with Crippen molar-refractivity contribution in [1.82, 2.24) is 5.32 Å². The number of fused-ring (bicyclic) bond motifs is 5. The topological polar surface area (TPSA) is 58.2 Å². The number of carbonyl (C=O) groups is 2. The molecule has 4 nitrogen and oxygen atoms in total. The zero-order valence-corrected chi connectivity index (χ0v) is 27.7. The molecule has 0 bridgehead atoms. The van der Waals surface area contributed by atoms with Crippen LogP contribution in [0, 0.1) is 34.5 Å². The Bertz CT molecular complexity index is 1460. The van der Waals surface area contributed by atoms with Crippen molar-refractivity contribution in [3.8, 4) is 11.1 Å². The second-order valence-corrected chi connectivity index (χ2v) is 16.7. The van der Waals surface area contributed by atoms with Crippen LogP contribution in [0.4, 0.5) is 5.69 Å². The first kappa shape index (κ1) is 30.2. The molecule has 4 aliphatic rings. The quantitative estimate of drug-likeness (QED) is 0.381. The third kappa shape index (κ3) is 5.17. The van der Waals surface area contributed by atoms with Crippen LogP contribution in [-0.4, -0.2) is 18.2 Å². The minimum Gasteiger partial charge on any atom is -0.387 e.